The van der Waals surface area contributed by atoms with Crippen molar-refractivity contribution in [3.63, 3.8) is 0 Å². The van der Waals surface area contributed by atoms with Crippen molar-refractivity contribution in [3.05, 3.63) is 125 Å². The lowest BCUT2D eigenvalue weighted by atomic mass is 10.1. The minimum absolute atomic E-state index is 0.0314. The van der Waals surface area contributed by atoms with Crippen LogP contribution in [0, 0.1) is 0 Å². The van der Waals surface area contributed by atoms with Crippen molar-refractivity contribution in [1.82, 2.24) is 4.98 Å². The van der Waals surface area contributed by atoms with Gasteiger partial charge in [0.2, 0.25) is 11.8 Å². The molecule has 39 heavy (non-hydrogen) atoms. The van der Waals surface area contributed by atoms with Crippen LogP contribution in [0.2, 0.25) is 5.02 Å². The van der Waals surface area contributed by atoms with Crippen molar-refractivity contribution in [2.45, 2.75) is 13.0 Å². The predicted octanol–water partition coefficient (Wildman–Crippen LogP) is 7.14. The second-order valence-electron chi connectivity index (χ2n) is 8.73. The van der Waals surface area contributed by atoms with E-state index in [1.807, 2.05) is 60.7 Å². The molecule has 0 spiro atoms. The molecule has 0 aliphatic heterocycles. The van der Waals surface area contributed by atoms with Crippen LogP contribution in [-0.2, 0) is 17.8 Å². The summed E-state index contributed by atoms with van der Waals surface area (Å²) in [5.74, 6) is 0.294. The Labute approximate surface area is 229 Å². The summed E-state index contributed by atoms with van der Waals surface area (Å²) in [5.41, 5.74) is 1.86. The third-order valence-electron chi connectivity index (χ3n) is 5.95. The zero-order chi connectivity index (χ0) is 27.2. The average molecular weight is 539 g/mol. The number of ether oxygens (including phenoxy) is 2. The Bertz CT molecular complexity index is 1650. The number of fused-ring (bicyclic) bond motifs is 1. The molecule has 8 heteroatoms. The first kappa shape index (κ1) is 25.8. The first-order chi connectivity index (χ1) is 18.9. The van der Waals surface area contributed by atoms with Crippen LogP contribution in [0.15, 0.2) is 103 Å². The number of aromatic nitrogens is 1. The predicted molar refractivity (Wildman–Crippen MR) is 150 cm³/mol. The molecule has 0 radical (unpaired) electrons. The number of nitrogens with one attached hydrogen (secondary N) is 1. The molecular formula is C31H23ClN2O5. The Morgan fingerprint density at radius 3 is 2.31 bits per heavy atom. The van der Waals surface area contributed by atoms with Crippen LogP contribution in [-0.4, -0.2) is 22.0 Å². The highest BCUT2D eigenvalue weighted by atomic mass is 35.5. The minimum Gasteiger partial charge on any atom is -0.489 e. The van der Waals surface area contributed by atoms with Crippen molar-refractivity contribution in [1.29, 1.82) is 0 Å². The number of rotatable bonds is 9. The monoisotopic (exact) mass is 538 g/mol. The molecule has 0 saturated heterocycles. The van der Waals surface area contributed by atoms with Gasteiger partial charge >= 0.3 is 5.97 Å². The molecule has 0 saturated carbocycles. The van der Waals surface area contributed by atoms with Gasteiger partial charge in [-0.3, -0.25) is 4.79 Å². The van der Waals surface area contributed by atoms with Crippen molar-refractivity contribution >= 4 is 39.9 Å². The maximum Gasteiger partial charge on any atom is 0.337 e. The molecular weight excluding hydrogens is 516 g/mol. The smallest absolute Gasteiger partial charge is 0.337 e. The highest BCUT2D eigenvalue weighted by Gasteiger charge is 2.12. The summed E-state index contributed by atoms with van der Waals surface area (Å²) in [7, 11) is 0. The van der Waals surface area contributed by atoms with Crippen LogP contribution in [0.1, 0.15) is 21.5 Å². The van der Waals surface area contributed by atoms with Gasteiger partial charge in [0.15, 0.2) is 0 Å². The average Bonchev–Trinajstić information content (AvgIpc) is 2.94. The Morgan fingerprint density at radius 1 is 0.846 bits per heavy atom. The lowest BCUT2D eigenvalue weighted by molar-refractivity contribution is -0.115. The van der Waals surface area contributed by atoms with Gasteiger partial charge < -0.3 is 19.9 Å². The number of para-hydroxylation sites is 1. The number of benzene rings is 4. The zero-order valence-corrected chi connectivity index (χ0v) is 21.4. The van der Waals surface area contributed by atoms with E-state index in [1.165, 1.54) is 6.07 Å². The van der Waals surface area contributed by atoms with E-state index in [1.54, 1.807) is 36.5 Å². The molecule has 2 N–H and O–H groups in total. The number of nitrogens with zero attached hydrogens (tertiary/aromatic N) is 1. The third-order valence-corrected chi connectivity index (χ3v) is 6.32. The van der Waals surface area contributed by atoms with Gasteiger partial charge in [-0.15, -0.1) is 0 Å². The number of carboxylic acids is 1. The first-order valence-corrected chi connectivity index (χ1v) is 12.5. The van der Waals surface area contributed by atoms with Gasteiger partial charge in [-0.2, -0.15) is 0 Å². The van der Waals surface area contributed by atoms with E-state index in [0.29, 0.717) is 28.8 Å². The van der Waals surface area contributed by atoms with Gasteiger partial charge in [0, 0.05) is 22.8 Å². The van der Waals surface area contributed by atoms with E-state index < -0.39 is 5.97 Å². The minimum atomic E-state index is -1.11. The third kappa shape index (κ3) is 6.52. The highest BCUT2D eigenvalue weighted by Crippen LogP contribution is 2.28. The molecule has 0 aliphatic carbocycles. The SMILES string of the molecule is O=C(Cc1ccc(Oc2ccc3cc(OCc4ccccc4Cl)ccc3c2)nc1)Nc1ccccc1C(=O)O. The summed E-state index contributed by atoms with van der Waals surface area (Å²) in [6, 6.07) is 28.8. The molecule has 1 heterocycles. The van der Waals surface area contributed by atoms with Crippen LogP contribution >= 0.6 is 11.6 Å². The normalized spacial score (nSPS) is 10.7. The Morgan fingerprint density at radius 2 is 1.56 bits per heavy atom. The number of anilines is 1. The molecule has 1 amide bonds. The Kier molecular flexibility index (Phi) is 7.70. The molecule has 0 atom stereocenters. The summed E-state index contributed by atoms with van der Waals surface area (Å²) in [4.78, 5) is 28.1. The molecule has 0 fully saturated rings. The number of hydrogen-bond donors (Lipinski definition) is 2. The topological polar surface area (TPSA) is 97.8 Å². The molecule has 5 rings (SSSR count). The van der Waals surface area contributed by atoms with E-state index in [-0.39, 0.29) is 23.6 Å². The molecule has 0 aliphatic rings. The van der Waals surface area contributed by atoms with Crippen molar-refractivity contribution in [2.24, 2.45) is 0 Å². The summed E-state index contributed by atoms with van der Waals surface area (Å²) in [5, 5.41) is 14.6. The Balaban J connectivity index is 1.19. The largest absolute Gasteiger partial charge is 0.489 e. The lowest BCUT2D eigenvalue weighted by Gasteiger charge is -2.10. The number of carbonyl (C=O) groups excluding carboxylic acids is 1. The molecule has 0 bridgehead atoms. The van der Waals surface area contributed by atoms with E-state index in [2.05, 4.69) is 10.3 Å². The molecule has 5 aromatic rings. The van der Waals surface area contributed by atoms with Gasteiger partial charge in [-0.25, -0.2) is 9.78 Å². The molecule has 7 nitrogen and oxygen atoms in total. The van der Waals surface area contributed by atoms with Gasteiger partial charge in [-0.1, -0.05) is 60.1 Å². The fraction of sp³-hybridized carbons (Fsp3) is 0.0645. The summed E-state index contributed by atoms with van der Waals surface area (Å²) in [6.07, 6.45) is 1.60. The van der Waals surface area contributed by atoms with Crippen LogP contribution in [0.4, 0.5) is 5.69 Å². The molecule has 1 aromatic heterocycles. The molecule has 4 aromatic carbocycles. The number of halogens is 1. The number of carboxylic acid groups (broad SMARTS) is 1. The van der Waals surface area contributed by atoms with Crippen molar-refractivity contribution in [2.75, 3.05) is 5.32 Å². The van der Waals surface area contributed by atoms with Gasteiger partial charge in [-0.05, 0) is 58.8 Å². The summed E-state index contributed by atoms with van der Waals surface area (Å²) in [6.45, 7) is 0.380. The fourth-order valence-electron chi connectivity index (χ4n) is 3.99. The van der Waals surface area contributed by atoms with Crippen LogP contribution < -0.4 is 14.8 Å². The zero-order valence-electron chi connectivity index (χ0n) is 20.6. The van der Waals surface area contributed by atoms with Crippen LogP contribution in [0.25, 0.3) is 10.8 Å². The van der Waals surface area contributed by atoms with Crippen LogP contribution in [0.5, 0.6) is 17.4 Å². The van der Waals surface area contributed by atoms with Gasteiger partial charge in [0.05, 0.1) is 17.7 Å². The number of amides is 1. The second-order valence-corrected chi connectivity index (χ2v) is 9.14. The second kappa shape index (κ2) is 11.7. The van der Waals surface area contributed by atoms with Crippen molar-refractivity contribution < 1.29 is 24.2 Å². The van der Waals surface area contributed by atoms with Gasteiger partial charge in [0.1, 0.15) is 18.1 Å². The van der Waals surface area contributed by atoms with Gasteiger partial charge in [0.25, 0.3) is 0 Å². The first-order valence-electron chi connectivity index (χ1n) is 12.1. The van der Waals surface area contributed by atoms with E-state index in [0.717, 1.165) is 22.1 Å². The van der Waals surface area contributed by atoms with Crippen molar-refractivity contribution in [3.8, 4) is 17.4 Å². The number of pyridine rings is 1. The highest BCUT2D eigenvalue weighted by molar-refractivity contribution is 6.31. The number of hydrogen-bond acceptors (Lipinski definition) is 5. The van der Waals surface area contributed by atoms with E-state index in [4.69, 9.17) is 21.1 Å². The van der Waals surface area contributed by atoms with E-state index >= 15 is 0 Å². The lowest BCUT2D eigenvalue weighted by Crippen LogP contribution is -2.16. The number of aromatic carboxylic acids is 1. The maximum atomic E-state index is 12.4. The quantitative estimate of drug-likeness (QED) is 0.207. The fourth-order valence-corrected chi connectivity index (χ4v) is 4.18. The number of carbonyl (C=O) groups is 2. The summed E-state index contributed by atoms with van der Waals surface area (Å²) >= 11 is 6.21. The molecule has 194 valence electrons. The summed E-state index contributed by atoms with van der Waals surface area (Å²) < 4.78 is 11.8. The Hall–Kier alpha value is -4.88. The maximum absolute atomic E-state index is 12.4. The molecule has 0 unspecified atom stereocenters. The van der Waals surface area contributed by atoms with E-state index in [9.17, 15) is 14.7 Å². The standard InChI is InChI=1S/C31H23ClN2O5/c32-27-7-3-1-5-23(27)19-38-24-12-10-22-17-25(13-11-21(22)16-24)39-30-14-9-20(18-33-30)15-29(35)34-28-8-4-2-6-26(28)31(36)37/h1-14,16-18H,15,19H2,(H,34,35)(H,36,37). The van der Waals surface area contributed by atoms with Crippen LogP contribution in [0.3, 0.4) is 0 Å².